The summed E-state index contributed by atoms with van der Waals surface area (Å²) in [7, 11) is 0. The van der Waals surface area contributed by atoms with Gasteiger partial charge in [-0.3, -0.25) is 4.79 Å². The molecule has 0 saturated carbocycles. The van der Waals surface area contributed by atoms with Crippen molar-refractivity contribution in [2.45, 2.75) is 57.7 Å². The van der Waals surface area contributed by atoms with E-state index in [1.165, 1.54) is 0 Å². The predicted octanol–water partition coefficient (Wildman–Crippen LogP) is 0.731. The minimum atomic E-state index is -0.0224. The van der Waals surface area contributed by atoms with Gasteiger partial charge in [-0.2, -0.15) is 5.10 Å². The van der Waals surface area contributed by atoms with Crippen LogP contribution < -0.4 is 10.6 Å². The second-order valence-corrected chi connectivity index (χ2v) is 6.40. The summed E-state index contributed by atoms with van der Waals surface area (Å²) in [6.45, 7) is 7.20. The normalized spacial score (nSPS) is 25.0. The SMILES string of the molecule is CC(C)c1nc2n(n1)CCCC2NC(=O)CC1COCCN1. The molecule has 7 heteroatoms. The first-order chi connectivity index (χ1) is 10.6. The Kier molecular flexibility index (Phi) is 4.73. The predicted molar refractivity (Wildman–Crippen MR) is 81.5 cm³/mol. The summed E-state index contributed by atoms with van der Waals surface area (Å²) >= 11 is 0. The Hall–Kier alpha value is -1.47. The second-order valence-electron chi connectivity index (χ2n) is 6.40. The Balaban J connectivity index is 1.62. The number of morpholine rings is 1. The Labute approximate surface area is 130 Å². The zero-order valence-electron chi connectivity index (χ0n) is 13.3. The number of aromatic nitrogens is 3. The molecule has 1 fully saturated rings. The van der Waals surface area contributed by atoms with Gasteiger partial charge in [-0.05, 0) is 12.8 Å². The van der Waals surface area contributed by atoms with Crippen molar-refractivity contribution in [2.75, 3.05) is 19.8 Å². The molecule has 2 atom stereocenters. The van der Waals surface area contributed by atoms with Crippen LogP contribution >= 0.6 is 0 Å². The van der Waals surface area contributed by atoms with Gasteiger partial charge in [0, 0.05) is 31.5 Å². The van der Waals surface area contributed by atoms with Crippen LogP contribution in [0.1, 0.15) is 56.7 Å². The lowest BCUT2D eigenvalue weighted by atomic mass is 10.1. The van der Waals surface area contributed by atoms with Crippen LogP contribution in [0.2, 0.25) is 0 Å². The van der Waals surface area contributed by atoms with E-state index in [0.717, 1.165) is 44.2 Å². The van der Waals surface area contributed by atoms with Crippen molar-refractivity contribution in [1.29, 1.82) is 0 Å². The van der Waals surface area contributed by atoms with Gasteiger partial charge in [0.25, 0.3) is 0 Å². The van der Waals surface area contributed by atoms with E-state index in [1.807, 2.05) is 4.68 Å². The monoisotopic (exact) mass is 307 g/mol. The van der Waals surface area contributed by atoms with Gasteiger partial charge in [0.05, 0.1) is 19.3 Å². The number of amides is 1. The Morgan fingerprint density at radius 3 is 3.14 bits per heavy atom. The first-order valence-corrected chi connectivity index (χ1v) is 8.18. The van der Waals surface area contributed by atoms with Crippen LogP contribution in [0.3, 0.4) is 0 Å². The number of nitrogens with zero attached hydrogens (tertiary/aromatic N) is 3. The first-order valence-electron chi connectivity index (χ1n) is 8.18. The Morgan fingerprint density at radius 2 is 2.41 bits per heavy atom. The molecule has 2 N–H and O–H groups in total. The van der Waals surface area contributed by atoms with Crippen LogP contribution in [0.25, 0.3) is 0 Å². The molecule has 3 heterocycles. The van der Waals surface area contributed by atoms with Gasteiger partial charge >= 0.3 is 0 Å². The van der Waals surface area contributed by atoms with Gasteiger partial charge in [-0.1, -0.05) is 13.8 Å². The van der Waals surface area contributed by atoms with Crippen molar-refractivity contribution in [1.82, 2.24) is 25.4 Å². The molecular formula is C15H25N5O2. The van der Waals surface area contributed by atoms with E-state index in [4.69, 9.17) is 4.74 Å². The van der Waals surface area contributed by atoms with Crippen molar-refractivity contribution < 1.29 is 9.53 Å². The maximum absolute atomic E-state index is 12.3. The maximum atomic E-state index is 12.3. The molecule has 0 aliphatic carbocycles. The molecule has 22 heavy (non-hydrogen) atoms. The molecule has 1 aromatic rings. The number of hydrogen-bond acceptors (Lipinski definition) is 5. The fraction of sp³-hybridized carbons (Fsp3) is 0.800. The molecule has 2 aliphatic heterocycles. The molecule has 0 bridgehead atoms. The van der Waals surface area contributed by atoms with Crippen molar-refractivity contribution in [3.8, 4) is 0 Å². The lowest BCUT2D eigenvalue weighted by Crippen LogP contribution is -2.45. The number of aryl methyl sites for hydroxylation is 1. The number of fused-ring (bicyclic) bond motifs is 1. The van der Waals surface area contributed by atoms with Crippen LogP contribution in [0.15, 0.2) is 0 Å². The molecule has 0 spiro atoms. The zero-order valence-corrected chi connectivity index (χ0v) is 13.3. The number of carbonyl (C=O) groups excluding carboxylic acids is 1. The third-order valence-corrected chi connectivity index (χ3v) is 4.17. The lowest BCUT2D eigenvalue weighted by molar-refractivity contribution is -0.123. The van der Waals surface area contributed by atoms with Gasteiger partial charge in [-0.15, -0.1) is 0 Å². The minimum Gasteiger partial charge on any atom is -0.378 e. The molecule has 2 unspecified atom stereocenters. The third-order valence-electron chi connectivity index (χ3n) is 4.17. The van der Waals surface area contributed by atoms with Crippen LogP contribution in [-0.2, 0) is 16.1 Å². The molecule has 2 aliphatic rings. The minimum absolute atomic E-state index is 0.0224. The maximum Gasteiger partial charge on any atom is 0.222 e. The fourth-order valence-electron chi connectivity index (χ4n) is 2.98. The standard InChI is InChI=1S/C15H25N5O2/c1-10(2)14-18-15-12(4-3-6-20(15)19-14)17-13(21)8-11-9-22-7-5-16-11/h10-12,16H,3-9H2,1-2H3,(H,17,21). The highest BCUT2D eigenvalue weighted by Crippen LogP contribution is 2.25. The van der Waals surface area contributed by atoms with Crippen molar-refractivity contribution in [3.63, 3.8) is 0 Å². The molecule has 0 aromatic carbocycles. The van der Waals surface area contributed by atoms with Crippen molar-refractivity contribution >= 4 is 5.91 Å². The highest BCUT2D eigenvalue weighted by molar-refractivity contribution is 5.77. The molecule has 0 radical (unpaired) electrons. The summed E-state index contributed by atoms with van der Waals surface area (Å²) in [6.07, 6.45) is 2.39. The van der Waals surface area contributed by atoms with Crippen LogP contribution in [-0.4, -0.2) is 46.5 Å². The number of rotatable bonds is 4. The van der Waals surface area contributed by atoms with Crippen molar-refractivity contribution in [2.24, 2.45) is 0 Å². The number of hydrogen-bond donors (Lipinski definition) is 2. The molecule has 1 amide bonds. The van der Waals surface area contributed by atoms with E-state index in [2.05, 4.69) is 34.6 Å². The molecule has 1 saturated heterocycles. The summed E-state index contributed by atoms with van der Waals surface area (Å²) in [5, 5.41) is 11.0. The van der Waals surface area contributed by atoms with E-state index in [1.54, 1.807) is 0 Å². The Morgan fingerprint density at radius 1 is 1.55 bits per heavy atom. The van der Waals surface area contributed by atoms with E-state index in [9.17, 15) is 4.79 Å². The number of carbonyl (C=O) groups is 1. The topological polar surface area (TPSA) is 81.1 Å². The van der Waals surface area contributed by atoms with Crippen LogP contribution in [0, 0.1) is 0 Å². The molecule has 3 rings (SSSR count). The summed E-state index contributed by atoms with van der Waals surface area (Å²) in [4.78, 5) is 16.9. The van der Waals surface area contributed by atoms with E-state index < -0.39 is 0 Å². The largest absolute Gasteiger partial charge is 0.378 e. The van der Waals surface area contributed by atoms with E-state index in [-0.39, 0.29) is 18.0 Å². The number of ether oxygens (including phenoxy) is 1. The van der Waals surface area contributed by atoms with Gasteiger partial charge in [0.2, 0.25) is 5.91 Å². The molecule has 7 nitrogen and oxygen atoms in total. The molecular weight excluding hydrogens is 282 g/mol. The smallest absolute Gasteiger partial charge is 0.222 e. The van der Waals surface area contributed by atoms with Gasteiger partial charge < -0.3 is 15.4 Å². The summed E-state index contributed by atoms with van der Waals surface area (Å²) < 4.78 is 7.34. The quantitative estimate of drug-likeness (QED) is 0.857. The molecule has 1 aromatic heterocycles. The van der Waals surface area contributed by atoms with Crippen molar-refractivity contribution in [3.05, 3.63) is 11.6 Å². The average molecular weight is 307 g/mol. The first kappa shape index (κ1) is 15.4. The number of nitrogens with one attached hydrogen (secondary N) is 2. The van der Waals surface area contributed by atoms with Gasteiger partial charge in [-0.25, -0.2) is 9.67 Å². The Bertz CT molecular complexity index is 522. The molecule has 122 valence electrons. The zero-order chi connectivity index (χ0) is 15.5. The highest BCUT2D eigenvalue weighted by Gasteiger charge is 2.27. The average Bonchev–Trinajstić information content (AvgIpc) is 2.93. The van der Waals surface area contributed by atoms with Crippen LogP contribution in [0.4, 0.5) is 0 Å². The summed E-state index contributed by atoms with van der Waals surface area (Å²) in [5.74, 6) is 2.11. The highest BCUT2D eigenvalue weighted by atomic mass is 16.5. The van der Waals surface area contributed by atoms with Crippen LogP contribution in [0.5, 0.6) is 0 Å². The van der Waals surface area contributed by atoms with Gasteiger partial charge in [0.15, 0.2) is 5.82 Å². The summed E-state index contributed by atoms with van der Waals surface area (Å²) in [5.41, 5.74) is 0. The lowest BCUT2D eigenvalue weighted by Gasteiger charge is -2.26. The second kappa shape index (κ2) is 6.75. The third kappa shape index (κ3) is 3.47. The summed E-state index contributed by atoms with van der Waals surface area (Å²) in [6, 6.07) is 0.0900. The van der Waals surface area contributed by atoms with E-state index in [0.29, 0.717) is 18.9 Å². The van der Waals surface area contributed by atoms with Gasteiger partial charge in [0.1, 0.15) is 5.82 Å². The fourth-order valence-corrected chi connectivity index (χ4v) is 2.98. The van der Waals surface area contributed by atoms with E-state index >= 15 is 0 Å².